The number of nitrogens with zero attached hydrogens (tertiary/aromatic N) is 2. The number of hydrogen-bond acceptors (Lipinski definition) is 3. The summed E-state index contributed by atoms with van der Waals surface area (Å²) in [7, 11) is 0. The molecule has 1 aliphatic rings. The maximum Gasteiger partial charge on any atom is 0.101 e. The molecule has 2 unspecified atom stereocenters. The van der Waals surface area contributed by atoms with Crippen LogP contribution in [0.4, 0.5) is 0 Å². The molecule has 0 saturated carbocycles. The number of hydrogen-bond donors (Lipinski definition) is 1. The summed E-state index contributed by atoms with van der Waals surface area (Å²) in [6.07, 6.45) is 5.72. The molecule has 86 valence electrons. The topological polar surface area (TPSA) is 53.0 Å². The first-order valence-electron chi connectivity index (χ1n) is 5.99. The second kappa shape index (κ2) is 5.48. The minimum absolute atomic E-state index is 0.628. The molecule has 0 aromatic carbocycles. The molecule has 1 heterocycles. The van der Waals surface area contributed by atoms with E-state index in [9.17, 15) is 0 Å². The summed E-state index contributed by atoms with van der Waals surface area (Å²) < 4.78 is 0. The zero-order chi connectivity index (χ0) is 11.3. The Labute approximate surface area is 93.2 Å². The normalized spacial score (nSPS) is 26.1. The lowest BCUT2D eigenvalue weighted by atomic mass is 9.98. The molecular weight excluding hydrogens is 186 g/mol. The summed E-state index contributed by atoms with van der Waals surface area (Å²) in [5.74, 6) is 0. The highest BCUT2D eigenvalue weighted by molar-refractivity contribution is 5.00. The van der Waals surface area contributed by atoms with Gasteiger partial charge in [-0.25, -0.2) is 0 Å². The van der Waals surface area contributed by atoms with E-state index in [-0.39, 0.29) is 0 Å². The number of likely N-dealkylation sites (tertiary alicyclic amines) is 1. The number of rotatable bonds is 5. The molecule has 1 aliphatic heterocycles. The van der Waals surface area contributed by atoms with E-state index in [1.165, 1.54) is 32.4 Å². The maximum absolute atomic E-state index is 8.76. The van der Waals surface area contributed by atoms with E-state index in [1.54, 1.807) is 0 Å². The van der Waals surface area contributed by atoms with E-state index >= 15 is 0 Å². The summed E-state index contributed by atoms with van der Waals surface area (Å²) in [5, 5.41) is 8.76. The summed E-state index contributed by atoms with van der Waals surface area (Å²) in [6.45, 7) is 6.53. The van der Waals surface area contributed by atoms with E-state index in [0.29, 0.717) is 0 Å². The molecule has 1 saturated heterocycles. The first-order chi connectivity index (χ1) is 7.05. The van der Waals surface area contributed by atoms with Crippen LogP contribution in [-0.2, 0) is 0 Å². The van der Waals surface area contributed by atoms with Gasteiger partial charge in [-0.15, -0.1) is 0 Å². The molecule has 15 heavy (non-hydrogen) atoms. The van der Waals surface area contributed by atoms with Gasteiger partial charge in [0.15, 0.2) is 0 Å². The fraction of sp³-hybridized carbons (Fsp3) is 0.917. The van der Waals surface area contributed by atoms with Crippen LogP contribution in [0, 0.1) is 11.3 Å². The quantitative estimate of drug-likeness (QED) is 0.703. The molecule has 0 aromatic heterocycles. The third-order valence-corrected chi connectivity index (χ3v) is 3.34. The van der Waals surface area contributed by atoms with Gasteiger partial charge in [0.2, 0.25) is 0 Å². The van der Waals surface area contributed by atoms with Gasteiger partial charge in [0.25, 0.3) is 0 Å². The van der Waals surface area contributed by atoms with Crippen molar-refractivity contribution in [3.63, 3.8) is 0 Å². The van der Waals surface area contributed by atoms with Crippen molar-refractivity contribution in [3.05, 3.63) is 0 Å². The van der Waals surface area contributed by atoms with Gasteiger partial charge in [-0.1, -0.05) is 0 Å². The van der Waals surface area contributed by atoms with Crippen molar-refractivity contribution < 1.29 is 0 Å². The van der Waals surface area contributed by atoms with E-state index < -0.39 is 5.54 Å². The van der Waals surface area contributed by atoms with Crippen LogP contribution in [0.15, 0.2) is 0 Å². The molecule has 3 heteroatoms. The predicted molar refractivity (Wildman–Crippen MR) is 62.3 cm³/mol. The third-order valence-electron chi connectivity index (χ3n) is 3.34. The Morgan fingerprint density at radius 2 is 2.27 bits per heavy atom. The van der Waals surface area contributed by atoms with E-state index in [1.807, 2.05) is 6.92 Å². The van der Waals surface area contributed by atoms with Crippen LogP contribution < -0.4 is 5.73 Å². The Bertz CT molecular complexity index is 230. The predicted octanol–water partition coefficient (Wildman–Crippen LogP) is 1.88. The van der Waals surface area contributed by atoms with Gasteiger partial charge in [-0.2, -0.15) is 5.26 Å². The summed E-state index contributed by atoms with van der Waals surface area (Å²) in [4.78, 5) is 2.54. The van der Waals surface area contributed by atoms with Crippen LogP contribution in [-0.4, -0.2) is 29.6 Å². The molecule has 2 atom stereocenters. The van der Waals surface area contributed by atoms with Crippen molar-refractivity contribution in [3.8, 4) is 6.07 Å². The molecule has 0 amide bonds. The largest absolute Gasteiger partial charge is 0.314 e. The minimum Gasteiger partial charge on any atom is -0.314 e. The Hall–Kier alpha value is -0.590. The highest BCUT2D eigenvalue weighted by Crippen LogP contribution is 2.17. The third kappa shape index (κ3) is 4.19. The smallest absolute Gasteiger partial charge is 0.101 e. The van der Waals surface area contributed by atoms with Gasteiger partial charge in [0.05, 0.1) is 6.07 Å². The average molecular weight is 209 g/mol. The first-order valence-corrected chi connectivity index (χ1v) is 5.99. The van der Waals surface area contributed by atoms with Crippen LogP contribution >= 0.6 is 0 Å². The standard InChI is InChI=1S/C12H23N3/c1-11-6-5-9-15(11)8-4-3-7-12(2,14)10-13/h11H,3-9,14H2,1-2H3. The lowest BCUT2D eigenvalue weighted by molar-refractivity contribution is 0.260. The van der Waals surface area contributed by atoms with Crippen molar-refractivity contribution in [2.75, 3.05) is 13.1 Å². The highest BCUT2D eigenvalue weighted by atomic mass is 15.2. The van der Waals surface area contributed by atoms with Crippen LogP contribution in [0.1, 0.15) is 46.0 Å². The summed E-state index contributed by atoms with van der Waals surface area (Å²) in [6, 6.07) is 2.90. The van der Waals surface area contributed by atoms with E-state index in [4.69, 9.17) is 11.0 Å². The summed E-state index contributed by atoms with van der Waals surface area (Å²) in [5.41, 5.74) is 5.13. The van der Waals surface area contributed by atoms with Gasteiger partial charge >= 0.3 is 0 Å². The lowest BCUT2D eigenvalue weighted by Gasteiger charge is -2.21. The van der Waals surface area contributed by atoms with Crippen LogP contribution in [0.3, 0.4) is 0 Å². The van der Waals surface area contributed by atoms with Crippen molar-refractivity contribution >= 4 is 0 Å². The molecule has 3 nitrogen and oxygen atoms in total. The van der Waals surface area contributed by atoms with Crippen molar-refractivity contribution in [2.45, 2.75) is 57.5 Å². The van der Waals surface area contributed by atoms with Gasteiger partial charge in [0, 0.05) is 6.04 Å². The summed E-state index contributed by atoms with van der Waals surface area (Å²) >= 11 is 0. The second-order valence-corrected chi connectivity index (χ2v) is 5.01. The molecule has 0 radical (unpaired) electrons. The first kappa shape index (κ1) is 12.5. The molecule has 0 aromatic rings. The van der Waals surface area contributed by atoms with Gasteiger partial charge in [0.1, 0.15) is 5.54 Å². The number of nitriles is 1. The molecular formula is C12H23N3. The van der Waals surface area contributed by atoms with E-state index in [2.05, 4.69) is 17.9 Å². The molecule has 1 fully saturated rings. The Morgan fingerprint density at radius 3 is 2.80 bits per heavy atom. The van der Waals surface area contributed by atoms with Gasteiger partial charge < -0.3 is 10.6 Å². The second-order valence-electron chi connectivity index (χ2n) is 5.01. The van der Waals surface area contributed by atoms with Crippen LogP contribution in [0.2, 0.25) is 0 Å². The SMILES string of the molecule is CC1CCCN1CCCCC(C)(N)C#N. The van der Waals surface area contributed by atoms with Crippen molar-refractivity contribution in [1.29, 1.82) is 5.26 Å². The minimum atomic E-state index is -0.628. The highest BCUT2D eigenvalue weighted by Gasteiger charge is 2.20. The lowest BCUT2D eigenvalue weighted by Crippen LogP contribution is -2.34. The molecule has 0 spiro atoms. The fourth-order valence-electron chi connectivity index (χ4n) is 2.19. The van der Waals surface area contributed by atoms with Gasteiger partial charge in [-0.05, 0) is 59.0 Å². The van der Waals surface area contributed by atoms with Gasteiger partial charge in [-0.3, -0.25) is 0 Å². The molecule has 1 rings (SSSR count). The number of unbranched alkanes of at least 4 members (excludes halogenated alkanes) is 1. The fourth-order valence-corrected chi connectivity index (χ4v) is 2.19. The number of nitrogens with two attached hydrogens (primary N) is 1. The Balaban J connectivity index is 2.09. The van der Waals surface area contributed by atoms with Crippen LogP contribution in [0.5, 0.6) is 0 Å². The van der Waals surface area contributed by atoms with Crippen LogP contribution in [0.25, 0.3) is 0 Å². The van der Waals surface area contributed by atoms with Crippen molar-refractivity contribution in [1.82, 2.24) is 4.90 Å². The average Bonchev–Trinajstić information content (AvgIpc) is 2.59. The maximum atomic E-state index is 8.76. The zero-order valence-electron chi connectivity index (χ0n) is 10.00. The van der Waals surface area contributed by atoms with E-state index in [0.717, 1.165) is 18.9 Å². The monoisotopic (exact) mass is 209 g/mol. The molecule has 2 N–H and O–H groups in total. The zero-order valence-corrected chi connectivity index (χ0v) is 10.00. The molecule has 0 aliphatic carbocycles. The Kier molecular flexibility index (Phi) is 4.56. The van der Waals surface area contributed by atoms with Crippen molar-refractivity contribution in [2.24, 2.45) is 5.73 Å². The molecule has 0 bridgehead atoms. The Morgan fingerprint density at radius 1 is 1.53 bits per heavy atom.